The predicted molar refractivity (Wildman–Crippen MR) is 53.3 cm³/mol. The van der Waals surface area contributed by atoms with Gasteiger partial charge in [-0.05, 0) is 19.9 Å². The van der Waals surface area contributed by atoms with Crippen LogP contribution >= 0.6 is 0 Å². The van der Waals surface area contributed by atoms with Crippen molar-refractivity contribution in [3.8, 4) is 0 Å². The molecule has 0 aliphatic carbocycles. The largest absolute Gasteiger partial charge is 0.360 e. The molecule has 0 amide bonds. The highest BCUT2D eigenvalue weighted by Crippen LogP contribution is 2.08. The molecule has 72 valence electrons. The van der Waals surface area contributed by atoms with E-state index in [0.717, 1.165) is 18.9 Å². The molecule has 0 aromatic carbocycles. The third-order valence-electron chi connectivity index (χ3n) is 2.04. The molecule has 0 aromatic rings. The Bertz CT molecular complexity index is 250. The van der Waals surface area contributed by atoms with E-state index in [9.17, 15) is 4.39 Å². The smallest absolute Gasteiger partial charge is 0.141 e. The van der Waals surface area contributed by atoms with Gasteiger partial charge in [-0.25, -0.2) is 9.38 Å². The summed E-state index contributed by atoms with van der Waals surface area (Å²) in [5.74, 6) is 0.663. The summed E-state index contributed by atoms with van der Waals surface area (Å²) in [5, 5.41) is 0. The number of aliphatic imine (C=N–C) groups is 1. The van der Waals surface area contributed by atoms with Crippen molar-refractivity contribution in [2.24, 2.45) is 4.99 Å². The molecule has 0 aromatic heterocycles. The maximum atomic E-state index is 12.7. The molecule has 13 heavy (non-hydrogen) atoms. The minimum absolute atomic E-state index is 0.276. The maximum absolute atomic E-state index is 12.7. The second kappa shape index (κ2) is 4.80. The number of hydrogen-bond acceptors (Lipinski definition) is 2. The zero-order valence-corrected chi connectivity index (χ0v) is 8.13. The molecular formula is C10H15FN2. The number of amidine groups is 1. The molecule has 0 atom stereocenters. The molecule has 1 rings (SSSR count). The summed E-state index contributed by atoms with van der Waals surface area (Å²) in [4.78, 5) is 6.21. The van der Waals surface area contributed by atoms with Crippen LogP contribution in [0, 0.1) is 0 Å². The fraction of sp³-hybridized carbons (Fsp3) is 0.500. The fourth-order valence-electron chi connectivity index (χ4n) is 1.31. The molecule has 2 nitrogen and oxygen atoms in total. The normalized spacial score (nSPS) is 16.2. The summed E-state index contributed by atoms with van der Waals surface area (Å²) >= 11 is 0. The van der Waals surface area contributed by atoms with Gasteiger partial charge in [-0.3, -0.25) is 0 Å². The van der Waals surface area contributed by atoms with E-state index in [1.807, 2.05) is 0 Å². The molecule has 0 N–H and O–H groups in total. The van der Waals surface area contributed by atoms with E-state index >= 15 is 0 Å². The number of rotatable bonds is 2. The van der Waals surface area contributed by atoms with Gasteiger partial charge in [0.15, 0.2) is 0 Å². The number of hydrogen-bond donors (Lipinski definition) is 0. The first-order valence-corrected chi connectivity index (χ1v) is 4.61. The third kappa shape index (κ3) is 2.68. The predicted octanol–water partition coefficient (Wildman–Crippen LogP) is 2.50. The highest BCUT2D eigenvalue weighted by molar-refractivity contribution is 5.84. The summed E-state index contributed by atoms with van der Waals surface area (Å²) < 4.78 is 12.7. The topological polar surface area (TPSA) is 15.6 Å². The average Bonchev–Trinajstić information content (AvgIpc) is 2.34. The van der Waals surface area contributed by atoms with E-state index in [2.05, 4.69) is 23.7 Å². The van der Waals surface area contributed by atoms with E-state index in [0.29, 0.717) is 6.42 Å². The van der Waals surface area contributed by atoms with Crippen molar-refractivity contribution in [3.63, 3.8) is 0 Å². The second-order valence-electron chi connectivity index (χ2n) is 2.84. The third-order valence-corrected chi connectivity index (χ3v) is 2.04. The highest BCUT2D eigenvalue weighted by atomic mass is 19.1. The summed E-state index contributed by atoms with van der Waals surface area (Å²) in [6.07, 6.45) is 5.25. The first-order valence-electron chi connectivity index (χ1n) is 4.61. The van der Waals surface area contributed by atoms with Crippen LogP contribution in [0.1, 0.15) is 20.3 Å². The lowest BCUT2D eigenvalue weighted by molar-refractivity contribution is 0.459. The minimum Gasteiger partial charge on any atom is -0.360 e. The summed E-state index contributed by atoms with van der Waals surface area (Å²) in [5.41, 5.74) is 0. The lowest BCUT2D eigenvalue weighted by atomic mass is 10.3. The van der Waals surface area contributed by atoms with E-state index in [1.54, 1.807) is 6.08 Å². The van der Waals surface area contributed by atoms with E-state index in [-0.39, 0.29) is 5.83 Å². The second-order valence-corrected chi connectivity index (χ2v) is 2.84. The Morgan fingerprint density at radius 2 is 2.15 bits per heavy atom. The monoisotopic (exact) mass is 182 g/mol. The molecule has 1 aliphatic rings. The Labute approximate surface area is 78.5 Å². The molecule has 0 spiro atoms. The van der Waals surface area contributed by atoms with Crippen LogP contribution in [0.2, 0.25) is 0 Å². The molecular weight excluding hydrogens is 167 g/mol. The van der Waals surface area contributed by atoms with Crippen LogP contribution in [0.25, 0.3) is 0 Å². The molecule has 0 radical (unpaired) electrons. The highest BCUT2D eigenvalue weighted by Gasteiger charge is 2.06. The Kier molecular flexibility index (Phi) is 3.68. The van der Waals surface area contributed by atoms with Gasteiger partial charge in [0, 0.05) is 19.5 Å². The zero-order valence-electron chi connectivity index (χ0n) is 8.13. The van der Waals surface area contributed by atoms with Gasteiger partial charge in [0.1, 0.15) is 11.7 Å². The first-order chi connectivity index (χ1) is 6.27. The van der Waals surface area contributed by atoms with Crippen molar-refractivity contribution in [1.82, 2.24) is 4.90 Å². The van der Waals surface area contributed by atoms with Crippen molar-refractivity contribution in [2.75, 3.05) is 13.1 Å². The van der Waals surface area contributed by atoms with Crippen LogP contribution in [0.5, 0.6) is 0 Å². The van der Waals surface area contributed by atoms with Crippen molar-refractivity contribution in [1.29, 1.82) is 0 Å². The van der Waals surface area contributed by atoms with Gasteiger partial charge in [-0.1, -0.05) is 6.08 Å². The molecule has 0 saturated heterocycles. The van der Waals surface area contributed by atoms with Crippen LogP contribution < -0.4 is 0 Å². The van der Waals surface area contributed by atoms with Gasteiger partial charge >= 0.3 is 0 Å². The molecule has 0 bridgehead atoms. The van der Waals surface area contributed by atoms with Crippen LogP contribution in [-0.2, 0) is 0 Å². The lowest BCUT2D eigenvalue weighted by Crippen LogP contribution is -2.29. The average molecular weight is 182 g/mol. The van der Waals surface area contributed by atoms with Crippen LogP contribution in [0.15, 0.2) is 29.2 Å². The number of allylic oxidation sites excluding steroid dienone is 2. The lowest BCUT2D eigenvalue weighted by Gasteiger charge is -2.21. The van der Waals surface area contributed by atoms with Crippen LogP contribution in [-0.4, -0.2) is 23.8 Å². The Balaban J connectivity index is 2.75. The quantitative estimate of drug-likeness (QED) is 0.640. The van der Waals surface area contributed by atoms with Gasteiger partial charge in [0.25, 0.3) is 0 Å². The van der Waals surface area contributed by atoms with Gasteiger partial charge in [0.2, 0.25) is 0 Å². The summed E-state index contributed by atoms with van der Waals surface area (Å²) in [6, 6.07) is 0. The molecule has 0 fully saturated rings. The standard InChI is InChI=1S/C10H15FN2/c1-3-13(4-2)10-7-5-6-9(11)8-12-10/h5-6,8H,3-4,7H2,1-2H3. The first kappa shape index (κ1) is 9.96. The maximum Gasteiger partial charge on any atom is 0.141 e. The van der Waals surface area contributed by atoms with Gasteiger partial charge in [-0.15, -0.1) is 0 Å². The molecule has 3 heteroatoms. The fourth-order valence-corrected chi connectivity index (χ4v) is 1.31. The van der Waals surface area contributed by atoms with Crippen molar-refractivity contribution >= 4 is 5.84 Å². The minimum atomic E-state index is -0.276. The molecule has 0 saturated carbocycles. The summed E-state index contributed by atoms with van der Waals surface area (Å²) in [7, 11) is 0. The van der Waals surface area contributed by atoms with Gasteiger partial charge in [0.05, 0.1) is 6.20 Å². The number of nitrogens with zero attached hydrogens (tertiary/aromatic N) is 2. The molecule has 1 heterocycles. The number of halogens is 1. The van der Waals surface area contributed by atoms with Crippen LogP contribution in [0.3, 0.4) is 0 Å². The van der Waals surface area contributed by atoms with Crippen molar-refractivity contribution in [3.05, 3.63) is 24.2 Å². The van der Waals surface area contributed by atoms with Gasteiger partial charge in [-0.2, -0.15) is 0 Å². The Hall–Kier alpha value is -1.12. The van der Waals surface area contributed by atoms with Crippen molar-refractivity contribution in [2.45, 2.75) is 20.3 Å². The Morgan fingerprint density at radius 1 is 1.46 bits per heavy atom. The van der Waals surface area contributed by atoms with E-state index < -0.39 is 0 Å². The Morgan fingerprint density at radius 3 is 2.77 bits per heavy atom. The molecule has 0 unspecified atom stereocenters. The van der Waals surface area contributed by atoms with Crippen molar-refractivity contribution < 1.29 is 4.39 Å². The summed E-state index contributed by atoms with van der Waals surface area (Å²) in [6.45, 7) is 5.97. The van der Waals surface area contributed by atoms with Crippen LogP contribution in [0.4, 0.5) is 4.39 Å². The van der Waals surface area contributed by atoms with E-state index in [1.165, 1.54) is 12.3 Å². The zero-order chi connectivity index (χ0) is 9.68. The van der Waals surface area contributed by atoms with E-state index in [4.69, 9.17) is 0 Å². The SMILES string of the molecule is CCN(CC)C1=NC=C(F)C=CC1. The van der Waals surface area contributed by atoms with Gasteiger partial charge < -0.3 is 4.90 Å². The molecule has 1 aliphatic heterocycles.